The molecule has 0 fully saturated rings. The number of anilines is 1. The van der Waals surface area contributed by atoms with Gasteiger partial charge in [-0.15, -0.1) is 0 Å². The third-order valence-electron chi connectivity index (χ3n) is 4.03. The molecule has 0 atom stereocenters. The Labute approximate surface area is 170 Å². The van der Waals surface area contributed by atoms with Gasteiger partial charge in [0.15, 0.2) is 0 Å². The Morgan fingerprint density at radius 3 is 2.17 bits per heavy atom. The van der Waals surface area contributed by atoms with Crippen molar-refractivity contribution in [2.24, 2.45) is 5.92 Å². The van der Waals surface area contributed by atoms with E-state index in [1.807, 2.05) is 18.2 Å². The monoisotopic (exact) mass is 397 g/mol. The molecule has 0 saturated carbocycles. The van der Waals surface area contributed by atoms with Gasteiger partial charge in [0.05, 0.1) is 6.61 Å². The average molecular weight is 397 g/mol. The van der Waals surface area contributed by atoms with E-state index in [-0.39, 0.29) is 18.7 Å². The van der Waals surface area contributed by atoms with E-state index in [4.69, 9.17) is 4.74 Å². The van der Waals surface area contributed by atoms with Crippen LogP contribution in [0.5, 0.6) is 5.75 Å². The van der Waals surface area contributed by atoms with Crippen molar-refractivity contribution in [3.05, 3.63) is 60.2 Å². The minimum atomic E-state index is -0.449. The van der Waals surface area contributed by atoms with Crippen molar-refractivity contribution < 1.29 is 19.1 Å². The molecule has 3 amide bonds. The van der Waals surface area contributed by atoms with Crippen LogP contribution in [0.1, 0.15) is 43.5 Å². The SMILES string of the molecule is CC(C)CCOc1ccc(C(=O)NNC(=O)CCC(=O)Nc2ccccc2)cc1. The van der Waals surface area contributed by atoms with E-state index in [9.17, 15) is 14.4 Å². The molecule has 0 saturated heterocycles. The first-order chi connectivity index (χ1) is 13.9. The van der Waals surface area contributed by atoms with Crippen LogP contribution in [0.3, 0.4) is 0 Å². The summed E-state index contributed by atoms with van der Waals surface area (Å²) in [4.78, 5) is 35.8. The summed E-state index contributed by atoms with van der Waals surface area (Å²) in [7, 11) is 0. The van der Waals surface area contributed by atoms with E-state index >= 15 is 0 Å². The van der Waals surface area contributed by atoms with Gasteiger partial charge in [-0.1, -0.05) is 32.0 Å². The molecule has 7 heteroatoms. The molecule has 2 rings (SSSR count). The van der Waals surface area contributed by atoms with Gasteiger partial charge in [-0.3, -0.25) is 25.2 Å². The molecule has 0 aliphatic rings. The Bertz CT molecular complexity index is 805. The number of carbonyl (C=O) groups is 3. The fourth-order valence-corrected chi connectivity index (χ4v) is 2.35. The lowest BCUT2D eigenvalue weighted by Gasteiger charge is -2.10. The molecule has 0 radical (unpaired) electrons. The molecule has 0 spiro atoms. The second-order valence-corrected chi connectivity index (χ2v) is 6.97. The van der Waals surface area contributed by atoms with E-state index in [1.54, 1.807) is 36.4 Å². The molecule has 0 heterocycles. The van der Waals surface area contributed by atoms with Gasteiger partial charge in [-0.25, -0.2) is 0 Å². The molecule has 7 nitrogen and oxygen atoms in total. The molecule has 2 aromatic rings. The van der Waals surface area contributed by atoms with Crippen LogP contribution in [-0.4, -0.2) is 24.3 Å². The quantitative estimate of drug-likeness (QED) is 0.566. The summed E-state index contributed by atoms with van der Waals surface area (Å²) >= 11 is 0. The molecule has 3 N–H and O–H groups in total. The lowest BCUT2D eigenvalue weighted by atomic mass is 10.1. The van der Waals surface area contributed by atoms with E-state index in [0.29, 0.717) is 29.5 Å². The van der Waals surface area contributed by atoms with Crippen molar-refractivity contribution in [2.75, 3.05) is 11.9 Å². The maximum atomic E-state index is 12.1. The maximum absolute atomic E-state index is 12.1. The number of hydrazine groups is 1. The normalized spacial score (nSPS) is 10.3. The third kappa shape index (κ3) is 8.47. The highest BCUT2D eigenvalue weighted by atomic mass is 16.5. The van der Waals surface area contributed by atoms with Gasteiger partial charge < -0.3 is 10.1 Å². The Morgan fingerprint density at radius 1 is 0.862 bits per heavy atom. The zero-order valence-electron chi connectivity index (χ0n) is 16.7. The van der Waals surface area contributed by atoms with Crippen LogP contribution in [0, 0.1) is 5.92 Å². The van der Waals surface area contributed by atoms with Crippen LogP contribution >= 0.6 is 0 Å². The van der Waals surface area contributed by atoms with E-state index in [1.165, 1.54) is 0 Å². The summed E-state index contributed by atoms with van der Waals surface area (Å²) in [5.74, 6) is 0.0884. The number of para-hydroxylation sites is 1. The van der Waals surface area contributed by atoms with Crippen LogP contribution in [-0.2, 0) is 9.59 Å². The van der Waals surface area contributed by atoms with E-state index in [0.717, 1.165) is 6.42 Å². The predicted molar refractivity (Wildman–Crippen MR) is 111 cm³/mol. The molecule has 154 valence electrons. The topological polar surface area (TPSA) is 96.5 Å². The highest BCUT2D eigenvalue weighted by Gasteiger charge is 2.10. The zero-order chi connectivity index (χ0) is 21.1. The first kappa shape index (κ1) is 21.9. The number of benzene rings is 2. The average Bonchev–Trinajstić information content (AvgIpc) is 2.71. The number of nitrogens with one attached hydrogen (secondary N) is 3. The maximum Gasteiger partial charge on any atom is 0.269 e. The molecule has 0 bridgehead atoms. The Kier molecular flexibility index (Phi) is 8.69. The van der Waals surface area contributed by atoms with Gasteiger partial charge >= 0.3 is 0 Å². The third-order valence-corrected chi connectivity index (χ3v) is 4.03. The number of amides is 3. The van der Waals surface area contributed by atoms with Gasteiger partial charge in [-0.2, -0.15) is 0 Å². The molecule has 29 heavy (non-hydrogen) atoms. The smallest absolute Gasteiger partial charge is 0.269 e. The van der Waals surface area contributed by atoms with Gasteiger partial charge in [0.25, 0.3) is 5.91 Å². The second-order valence-electron chi connectivity index (χ2n) is 6.97. The van der Waals surface area contributed by atoms with Gasteiger partial charge in [0, 0.05) is 24.1 Å². The molecule has 0 unspecified atom stereocenters. The summed E-state index contributed by atoms with van der Waals surface area (Å²) in [6.07, 6.45) is 0.929. The zero-order valence-corrected chi connectivity index (χ0v) is 16.7. The number of hydrogen-bond donors (Lipinski definition) is 3. The highest BCUT2D eigenvalue weighted by Crippen LogP contribution is 2.13. The summed E-state index contributed by atoms with van der Waals surface area (Å²) in [5, 5.41) is 2.70. The van der Waals surface area contributed by atoms with E-state index in [2.05, 4.69) is 30.0 Å². The number of hydrogen-bond acceptors (Lipinski definition) is 4. The van der Waals surface area contributed by atoms with Gasteiger partial charge in [0.1, 0.15) is 5.75 Å². The van der Waals surface area contributed by atoms with Crippen molar-refractivity contribution in [3.63, 3.8) is 0 Å². The predicted octanol–water partition coefficient (Wildman–Crippen LogP) is 3.29. The van der Waals surface area contributed by atoms with Crippen LogP contribution < -0.4 is 20.9 Å². The van der Waals surface area contributed by atoms with Gasteiger partial charge in [-0.05, 0) is 48.7 Å². The standard InChI is InChI=1S/C22H27N3O4/c1-16(2)14-15-29-19-10-8-17(9-11-19)22(28)25-24-21(27)13-12-20(26)23-18-6-4-3-5-7-18/h3-11,16H,12-15H2,1-2H3,(H,23,26)(H,24,27)(H,25,28). The number of ether oxygens (including phenoxy) is 1. The van der Waals surface area contributed by atoms with Crippen molar-refractivity contribution >= 4 is 23.4 Å². The summed E-state index contributed by atoms with van der Waals surface area (Å²) < 4.78 is 5.61. The first-order valence-corrected chi connectivity index (χ1v) is 9.61. The molecule has 0 aliphatic carbocycles. The van der Waals surface area contributed by atoms with Crippen molar-refractivity contribution in [2.45, 2.75) is 33.1 Å². The Hall–Kier alpha value is -3.35. The van der Waals surface area contributed by atoms with Crippen molar-refractivity contribution in [1.82, 2.24) is 10.9 Å². The number of carbonyl (C=O) groups excluding carboxylic acids is 3. The Balaban J connectivity index is 1.68. The first-order valence-electron chi connectivity index (χ1n) is 9.61. The largest absolute Gasteiger partial charge is 0.494 e. The lowest BCUT2D eigenvalue weighted by molar-refractivity contribution is -0.124. The highest BCUT2D eigenvalue weighted by molar-refractivity contribution is 5.96. The van der Waals surface area contributed by atoms with Gasteiger partial charge in [0.2, 0.25) is 11.8 Å². The molecular weight excluding hydrogens is 370 g/mol. The minimum Gasteiger partial charge on any atom is -0.494 e. The molecule has 0 aliphatic heterocycles. The van der Waals surface area contributed by atoms with Crippen LogP contribution in [0.2, 0.25) is 0 Å². The van der Waals surface area contributed by atoms with Crippen LogP contribution in [0.4, 0.5) is 5.69 Å². The minimum absolute atomic E-state index is 0.0129. The summed E-state index contributed by atoms with van der Waals surface area (Å²) in [6, 6.07) is 15.7. The molecular formula is C22H27N3O4. The Morgan fingerprint density at radius 2 is 1.52 bits per heavy atom. The lowest BCUT2D eigenvalue weighted by Crippen LogP contribution is -2.41. The van der Waals surface area contributed by atoms with Crippen LogP contribution in [0.25, 0.3) is 0 Å². The van der Waals surface area contributed by atoms with Crippen molar-refractivity contribution in [3.8, 4) is 5.75 Å². The molecule has 0 aromatic heterocycles. The van der Waals surface area contributed by atoms with Crippen LogP contribution in [0.15, 0.2) is 54.6 Å². The fraction of sp³-hybridized carbons (Fsp3) is 0.318. The fourth-order valence-electron chi connectivity index (χ4n) is 2.35. The summed E-state index contributed by atoms with van der Waals surface area (Å²) in [6.45, 7) is 4.87. The second kappa shape index (κ2) is 11.5. The van der Waals surface area contributed by atoms with E-state index < -0.39 is 11.8 Å². The van der Waals surface area contributed by atoms with Crippen molar-refractivity contribution in [1.29, 1.82) is 0 Å². The summed E-state index contributed by atoms with van der Waals surface area (Å²) in [5.41, 5.74) is 5.71. The molecule has 2 aromatic carbocycles. The number of rotatable bonds is 9.